The normalized spacial score (nSPS) is 13.7. The molecule has 2 amide bonds. The number of rotatable bonds is 4. The van der Waals surface area contributed by atoms with Crippen molar-refractivity contribution in [3.8, 4) is 0 Å². The van der Waals surface area contributed by atoms with Crippen LogP contribution in [0.4, 0.5) is 10.1 Å². The number of benzene rings is 1. The van der Waals surface area contributed by atoms with Crippen LogP contribution in [0.5, 0.6) is 0 Å². The summed E-state index contributed by atoms with van der Waals surface area (Å²) in [7, 11) is 0. The van der Waals surface area contributed by atoms with Crippen LogP contribution in [0.2, 0.25) is 0 Å². The van der Waals surface area contributed by atoms with Gasteiger partial charge in [-0.05, 0) is 31.5 Å². The average molecular weight is 347 g/mol. The average Bonchev–Trinajstić information content (AvgIpc) is 2.89. The van der Waals surface area contributed by atoms with Crippen LogP contribution in [-0.4, -0.2) is 44.2 Å². The number of likely N-dealkylation sites (N-methyl/N-ethyl adjacent to an activating group) is 1. The number of carbonyl (C=O) groups is 2. The SMILES string of the molecule is CCN1CCn2c(nn(CC(=O)Nc3ccc(C)c(F)c3)c2=O)C1=O. The van der Waals surface area contributed by atoms with Crippen LogP contribution < -0.4 is 11.0 Å². The summed E-state index contributed by atoms with van der Waals surface area (Å²) in [5.41, 5.74) is 0.248. The monoisotopic (exact) mass is 347 g/mol. The highest BCUT2D eigenvalue weighted by Gasteiger charge is 2.28. The van der Waals surface area contributed by atoms with E-state index in [0.717, 1.165) is 4.68 Å². The fourth-order valence-electron chi connectivity index (χ4n) is 2.68. The Morgan fingerprint density at radius 1 is 1.32 bits per heavy atom. The number of anilines is 1. The Morgan fingerprint density at radius 2 is 2.08 bits per heavy atom. The first kappa shape index (κ1) is 16.9. The van der Waals surface area contributed by atoms with E-state index in [1.165, 1.54) is 10.6 Å². The zero-order valence-electron chi connectivity index (χ0n) is 14.0. The molecule has 3 rings (SSSR count). The maximum Gasteiger partial charge on any atom is 0.346 e. The van der Waals surface area contributed by atoms with Gasteiger partial charge in [-0.3, -0.25) is 14.2 Å². The van der Waals surface area contributed by atoms with Crippen LogP contribution >= 0.6 is 0 Å². The van der Waals surface area contributed by atoms with Crippen LogP contribution in [0.15, 0.2) is 23.0 Å². The number of fused-ring (bicyclic) bond motifs is 1. The fourth-order valence-corrected chi connectivity index (χ4v) is 2.68. The number of hydrogen-bond acceptors (Lipinski definition) is 4. The summed E-state index contributed by atoms with van der Waals surface area (Å²) in [6.45, 7) is 4.41. The molecule has 1 aliphatic rings. The maximum absolute atomic E-state index is 13.5. The third-order valence-electron chi connectivity index (χ3n) is 4.13. The van der Waals surface area contributed by atoms with Gasteiger partial charge in [0.25, 0.3) is 5.91 Å². The van der Waals surface area contributed by atoms with Crippen LogP contribution in [0.1, 0.15) is 23.1 Å². The highest BCUT2D eigenvalue weighted by Crippen LogP contribution is 2.13. The lowest BCUT2D eigenvalue weighted by molar-refractivity contribution is -0.117. The Morgan fingerprint density at radius 3 is 2.76 bits per heavy atom. The van der Waals surface area contributed by atoms with Crippen LogP contribution in [0, 0.1) is 12.7 Å². The molecule has 0 bridgehead atoms. The van der Waals surface area contributed by atoms with E-state index in [4.69, 9.17) is 0 Å². The number of carbonyl (C=O) groups excluding carboxylic acids is 2. The number of nitrogens with zero attached hydrogens (tertiary/aromatic N) is 4. The molecule has 2 aromatic rings. The van der Waals surface area contributed by atoms with Gasteiger partial charge >= 0.3 is 5.69 Å². The number of amides is 2. The van der Waals surface area contributed by atoms with Gasteiger partial charge in [-0.15, -0.1) is 5.10 Å². The third-order valence-corrected chi connectivity index (χ3v) is 4.13. The van der Waals surface area contributed by atoms with E-state index in [-0.39, 0.29) is 18.3 Å². The minimum atomic E-state index is -0.527. The van der Waals surface area contributed by atoms with Gasteiger partial charge in [-0.25, -0.2) is 13.9 Å². The lowest BCUT2D eigenvalue weighted by Gasteiger charge is -2.24. The quantitative estimate of drug-likeness (QED) is 0.877. The van der Waals surface area contributed by atoms with Gasteiger partial charge in [0, 0.05) is 25.3 Å². The first-order chi connectivity index (χ1) is 11.9. The Balaban J connectivity index is 1.77. The highest BCUT2D eigenvalue weighted by molar-refractivity contribution is 5.92. The van der Waals surface area contributed by atoms with E-state index in [1.807, 2.05) is 6.92 Å². The summed E-state index contributed by atoms with van der Waals surface area (Å²) in [5, 5.41) is 6.50. The smallest absolute Gasteiger partial charge is 0.334 e. The molecule has 2 heterocycles. The van der Waals surface area contributed by atoms with E-state index in [2.05, 4.69) is 10.4 Å². The summed E-state index contributed by atoms with van der Waals surface area (Å²) in [6.07, 6.45) is 0. The molecule has 0 atom stereocenters. The van der Waals surface area contributed by atoms with E-state index in [0.29, 0.717) is 30.9 Å². The number of aryl methyl sites for hydroxylation is 1. The first-order valence-corrected chi connectivity index (χ1v) is 7.93. The Hall–Kier alpha value is -2.97. The Labute approximate surface area is 142 Å². The molecule has 0 saturated carbocycles. The second-order valence-corrected chi connectivity index (χ2v) is 5.81. The Kier molecular flexibility index (Phi) is 4.39. The van der Waals surface area contributed by atoms with Crippen molar-refractivity contribution in [1.82, 2.24) is 19.2 Å². The molecule has 9 heteroatoms. The van der Waals surface area contributed by atoms with E-state index in [9.17, 15) is 18.8 Å². The van der Waals surface area contributed by atoms with Gasteiger partial charge in [0.2, 0.25) is 11.7 Å². The molecule has 0 spiro atoms. The molecule has 0 unspecified atom stereocenters. The fraction of sp³-hybridized carbons (Fsp3) is 0.375. The molecular formula is C16H18FN5O3. The van der Waals surface area contributed by atoms with E-state index in [1.54, 1.807) is 24.0 Å². The zero-order chi connectivity index (χ0) is 18.1. The van der Waals surface area contributed by atoms with Crippen molar-refractivity contribution in [2.24, 2.45) is 0 Å². The van der Waals surface area contributed by atoms with Gasteiger partial charge < -0.3 is 10.2 Å². The van der Waals surface area contributed by atoms with Gasteiger partial charge in [0.05, 0.1) is 0 Å². The first-order valence-electron chi connectivity index (χ1n) is 7.93. The molecular weight excluding hydrogens is 329 g/mol. The standard InChI is InChI=1S/C16H18FN5O3/c1-3-20-6-7-21-14(15(20)24)19-22(16(21)25)9-13(23)18-11-5-4-10(2)12(17)8-11/h4-5,8H,3,6-7,9H2,1-2H3,(H,18,23). The predicted octanol–water partition coefficient (Wildman–Crippen LogP) is 0.607. The zero-order valence-corrected chi connectivity index (χ0v) is 14.0. The van der Waals surface area contributed by atoms with E-state index < -0.39 is 17.4 Å². The summed E-state index contributed by atoms with van der Waals surface area (Å²) in [4.78, 5) is 38.2. The number of hydrogen-bond donors (Lipinski definition) is 1. The highest BCUT2D eigenvalue weighted by atomic mass is 19.1. The van der Waals surface area contributed by atoms with Crippen LogP contribution in [-0.2, 0) is 17.9 Å². The minimum absolute atomic E-state index is 0.0345. The molecule has 25 heavy (non-hydrogen) atoms. The molecule has 8 nitrogen and oxygen atoms in total. The molecule has 0 fully saturated rings. The van der Waals surface area contributed by atoms with Gasteiger partial charge in [0.15, 0.2) is 0 Å². The summed E-state index contributed by atoms with van der Waals surface area (Å²) in [5.74, 6) is -1.25. The number of aromatic nitrogens is 3. The lowest BCUT2D eigenvalue weighted by atomic mass is 10.2. The predicted molar refractivity (Wildman–Crippen MR) is 87.8 cm³/mol. The van der Waals surface area contributed by atoms with Crippen LogP contribution in [0.3, 0.4) is 0 Å². The van der Waals surface area contributed by atoms with Crippen molar-refractivity contribution >= 4 is 17.5 Å². The molecule has 1 aromatic heterocycles. The molecule has 1 aliphatic heterocycles. The summed E-state index contributed by atoms with van der Waals surface area (Å²) in [6, 6.07) is 4.32. The molecule has 1 N–H and O–H groups in total. The third kappa shape index (κ3) is 3.17. The topological polar surface area (TPSA) is 89.2 Å². The molecule has 132 valence electrons. The molecule has 0 saturated heterocycles. The number of nitrogens with one attached hydrogen (secondary N) is 1. The maximum atomic E-state index is 13.5. The van der Waals surface area contributed by atoms with Crippen molar-refractivity contribution in [3.05, 3.63) is 45.9 Å². The van der Waals surface area contributed by atoms with Gasteiger partial charge in [0.1, 0.15) is 12.4 Å². The van der Waals surface area contributed by atoms with Crippen molar-refractivity contribution in [2.45, 2.75) is 26.9 Å². The van der Waals surface area contributed by atoms with E-state index >= 15 is 0 Å². The molecule has 0 radical (unpaired) electrons. The largest absolute Gasteiger partial charge is 0.346 e. The van der Waals surface area contributed by atoms with Crippen molar-refractivity contribution in [3.63, 3.8) is 0 Å². The van der Waals surface area contributed by atoms with Crippen molar-refractivity contribution in [1.29, 1.82) is 0 Å². The van der Waals surface area contributed by atoms with Crippen molar-refractivity contribution < 1.29 is 14.0 Å². The Bertz CT molecular complexity index is 902. The second-order valence-electron chi connectivity index (χ2n) is 5.81. The van der Waals surface area contributed by atoms with Crippen LogP contribution in [0.25, 0.3) is 0 Å². The lowest BCUT2D eigenvalue weighted by Crippen LogP contribution is -2.42. The summed E-state index contributed by atoms with van der Waals surface area (Å²) >= 11 is 0. The summed E-state index contributed by atoms with van der Waals surface area (Å²) < 4.78 is 15.7. The molecule has 1 aromatic carbocycles. The molecule has 0 aliphatic carbocycles. The van der Waals surface area contributed by atoms with Crippen molar-refractivity contribution in [2.75, 3.05) is 18.4 Å². The van der Waals surface area contributed by atoms with Gasteiger partial charge in [-0.2, -0.15) is 0 Å². The van der Waals surface area contributed by atoms with Gasteiger partial charge in [-0.1, -0.05) is 6.07 Å². The second kappa shape index (κ2) is 6.50. The number of halogens is 1. The minimum Gasteiger partial charge on any atom is -0.334 e.